The van der Waals surface area contributed by atoms with Crippen LogP contribution in [0.25, 0.3) is 5.69 Å². The molecular weight excluding hydrogens is 292 g/mol. The summed E-state index contributed by atoms with van der Waals surface area (Å²) in [7, 11) is 0. The van der Waals surface area contributed by atoms with Crippen molar-refractivity contribution >= 4 is 21.6 Å². The Bertz CT molecular complexity index is 569. The monoisotopic (exact) mass is 298 g/mol. The van der Waals surface area contributed by atoms with Crippen LogP contribution in [0, 0.1) is 10.1 Å². The molecule has 0 fully saturated rings. The third-order valence-corrected chi connectivity index (χ3v) is 2.72. The first-order valence-electron chi connectivity index (χ1n) is 4.55. The Hall–Kier alpha value is -1.87. The first-order chi connectivity index (χ1) is 8.13. The second-order valence-corrected chi connectivity index (χ2v) is 3.96. The Morgan fingerprint density at radius 1 is 1.53 bits per heavy atom. The number of nitro benzene ring substituents is 1. The van der Waals surface area contributed by atoms with E-state index in [2.05, 4.69) is 31.5 Å². The fourth-order valence-electron chi connectivity index (χ4n) is 1.30. The average molecular weight is 299 g/mol. The normalized spacial score (nSPS) is 10.5. The van der Waals surface area contributed by atoms with E-state index >= 15 is 0 Å². The molecular formula is C8H7BrN6O2. The highest BCUT2D eigenvalue weighted by Crippen LogP contribution is 2.25. The van der Waals surface area contributed by atoms with E-state index < -0.39 is 4.92 Å². The number of benzene rings is 1. The Balaban J connectivity index is 2.50. The first-order valence-corrected chi connectivity index (χ1v) is 5.34. The topological polar surface area (TPSA) is 113 Å². The number of hydrogen-bond acceptors (Lipinski definition) is 6. The third kappa shape index (κ3) is 2.15. The molecule has 0 saturated carbocycles. The van der Waals surface area contributed by atoms with Crippen molar-refractivity contribution in [2.45, 2.75) is 6.54 Å². The van der Waals surface area contributed by atoms with Crippen LogP contribution in [-0.2, 0) is 6.54 Å². The molecule has 2 aromatic rings. The molecule has 88 valence electrons. The van der Waals surface area contributed by atoms with Crippen molar-refractivity contribution in [3.8, 4) is 5.69 Å². The lowest BCUT2D eigenvalue weighted by molar-refractivity contribution is -0.384. The lowest BCUT2D eigenvalue weighted by Gasteiger charge is -2.05. The van der Waals surface area contributed by atoms with Crippen molar-refractivity contribution in [1.82, 2.24) is 20.2 Å². The van der Waals surface area contributed by atoms with Crippen LogP contribution in [-0.4, -0.2) is 25.1 Å². The van der Waals surface area contributed by atoms with Gasteiger partial charge in [-0.05, 0) is 32.4 Å². The molecule has 1 aromatic heterocycles. The van der Waals surface area contributed by atoms with E-state index in [1.54, 1.807) is 6.07 Å². The molecule has 0 aliphatic heterocycles. The van der Waals surface area contributed by atoms with Gasteiger partial charge in [0.15, 0.2) is 5.82 Å². The lowest BCUT2D eigenvalue weighted by atomic mass is 10.3. The summed E-state index contributed by atoms with van der Waals surface area (Å²) in [5, 5.41) is 21.6. The van der Waals surface area contributed by atoms with Crippen molar-refractivity contribution in [3.05, 3.63) is 38.6 Å². The second-order valence-electron chi connectivity index (χ2n) is 3.10. The Kier molecular flexibility index (Phi) is 3.11. The van der Waals surface area contributed by atoms with Gasteiger partial charge in [0.1, 0.15) is 0 Å². The summed E-state index contributed by atoms with van der Waals surface area (Å²) in [5.74, 6) is 0.472. The van der Waals surface area contributed by atoms with Crippen molar-refractivity contribution in [1.29, 1.82) is 0 Å². The highest BCUT2D eigenvalue weighted by atomic mass is 79.9. The first kappa shape index (κ1) is 11.6. The summed E-state index contributed by atoms with van der Waals surface area (Å²) in [5.41, 5.74) is 6.06. The maximum Gasteiger partial charge on any atom is 0.270 e. The van der Waals surface area contributed by atoms with Crippen molar-refractivity contribution in [2.24, 2.45) is 5.73 Å². The van der Waals surface area contributed by atoms with Gasteiger partial charge in [0.05, 0.1) is 21.6 Å². The van der Waals surface area contributed by atoms with Crippen molar-refractivity contribution < 1.29 is 4.92 Å². The number of nitro groups is 1. The van der Waals surface area contributed by atoms with Crippen LogP contribution in [0.3, 0.4) is 0 Å². The molecule has 1 heterocycles. The molecule has 0 spiro atoms. The number of nitrogens with two attached hydrogens (primary N) is 1. The van der Waals surface area contributed by atoms with Gasteiger partial charge >= 0.3 is 0 Å². The van der Waals surface area contributed by atoms with E-state index in [0.29, 0.717) is 16.0 Å². The van der Waals surface area contributed by atoms with E-state index in [4.69, 9.17) is 5.73 Å². The maximum absolute atomic E-state index is 10.6. The van der Waals surface area contributed by atoms with E-state index in [1.165, 1.54) is 16.8 Å². The van der Waals surface area contributed by atoms with Crippen molar-refractivity contribution in [2.75, 3.05) is 0 Å². The molecule has 17 heavy (non-hydrogen) atoms. The quantitative estimate of drug-likeness (QED) is 0.662. The minimum absolute atomic E-state index is 0.0111. The largest absolute Gasteiger partial charge is 0.324 e. The molecule has 0 bridgehead atoms. The van der Waals surface area contributed by atoms with E-state index in [0.717, 1.165) is 0 Å². The van der Waals surface area contributed by atoms with Crippen LogP contribution in [0.15, 0.2) is 22.7 Å². The summed E-state index contributed by atoms with van der Waals surface area (Å²) in [4.78, 5) is 10.1. The summed E-state index contributed by atoms with van der Waals surface area (Å²) >= 11 is 3.24. The molecule has 0 radical (unpaired) electrons. The average Bonchev–Trinajstić information content (AvgIpc) is 2.76. The lowest BCUT2D eigenvalue weighted by Crippen LogP contribution is -2.08. The molecule has 0 amide bonds. The number of hydrogen-bond donors (Lipinski definition) is 1. The summed E-state index contributed by atoms with van der Waals surface area (Å²) in [6, 6.07) is 4.32. The van der Waals surface area contributed by atoms with Gasteiger partial charge in [-0.15, -0.1) is 5.10 Å². The Morgan fingerprint density at radius 2 is 2.29 bits per heavy atom. The molecule has 8 nitrogen and oxygen atoms in total. The minimum Gasteiger partial charge on any atom is -0.324 e. The van der Waals surface area contributed by atoms with Gasteiger partial charge < -0.3 is 5.73 Å². The SMILES string of the molecule is NCc1nnnn1-c1ccc([N+](=O)[O-])cc1Br. The van der Waals surface area contributed by atoms with Crippen LogP contribution in [0.5, 0.6) is 0 Å². The van der Waals surface area contributed by atoms with Gasteiger partial charge in [-0.3, -0.25) is 10.1 Å². The standard InChI is InChI=1S/C8H7BrN6O2/c9-6-3-5(15(16)17)1-2-7(6)14-8(4-10)11-12-13-14/h1-3H,4,10H2. The molecule has 9 heteroatoms. The minimum atomic E-state index is -0.474. The zero-order valence-corrected chi connectivity index (χ0v) is 10.0. The molecule has 2 N–H and O–H groups in total. The Labute approximate surface area is 104 Å². The van der Waals surface area contributed by atoms with Crippen LogP contribution in [0.4, 0.5) is 5.69 Å². The summed E-state index contributed by atoms with van der Waals surface area (Å²) < 4.78 is 1.95. The van der Waals surface area contributed by atoms with Crippen molar-refractivity contribution in [3.63, 3.8) is 0 Å². The van der Waals surface area contributed by atoms with Gasteiger partial charge in [-0.1, -0.05) is 0 Å². The fraction of sp³-hybridized carbons (Fsp3) is 0.125. The van der Waals surface area contributed by atoms with Gasteiger partial charge in [0, 0.05) is 12.1 Å². The number of aromatic nitrogens is 4. The van der Waals surface area contributed by atoms with Crippen LogP contribution in [0.1, 0.15) is 5.82 Å². The maximum atomic E-state index is 10.6. The zero-order chi connectivity index (χ0) is 12.4. The highest BCUT2D eigenvalue weighted by Gasteiger charge is 2.13. The second kappa shape index (κ2) is 4.55. The van der Waals surface area contributed by atoms with Crippen LogP contribution in [0.2, 0.25) is 0 Å². The molecule has 0 aliphatic rings. The fourth-order valence-corrected chi connectivity index (χ4v) is 1.84. The third-order valence-electron chi connectivity index (χ3n) is 2.09. The predicted molar refractivity (Wildman–Crippen MR) is 61.4 cm³/mol. The van der Waals surface area contributed by atoms with E-state index in [9.17, 15) is 10.1 Å². The number of halogens is 1. The highest BCUT2D eigenvalue weighted by molar-refractivity contribution is 9.10. The van der Waals surface area contributed by atoms with E-state index in [-0.39, 0.29) is 12.2 Å². The molecule has 2 rings (SSSR count). The number of rotatable bonds is 3. The van der Waals surface area contributed by atoms with Crippen LogP contribution >= 0.6 is 15.9 Å². The molecule has 0 aliphatic carbocycles. The van der Waals surface area contributed by atoms with Crippen LogP contribution < -0.4 is 5.73 Å². The smallest absolute Gasteiger partial charge is 0.270 e. The zero-order valence-electron chi connectivity index (χ0n) is 8.45. The van der Waals surface area contributed by atoms with Gasteiger partial charge in [0.2, 0.25) is 0 Å². The molecule has 0 saturated heterocycles. The number of tetrazole rings is 1. The molecule has 1 aromatic carbocycles. The Morgan fingerprint density at radius 3 is 2.88 bits per heavy atom. The van der Waals surface area contributed by atoms with E-state index in [1.807, 2.05) is 0 Å². The molecule has 0 unspecified atom stereocenters. The molecule has 0 atom stereocenters. The summed E-state index contributed by atoms with van der Waals surface area (Å²) in [6.45, 7) is 0.177. The summed E-state index contributed by atoms with van der Waals surface area (Å²) in [6.07, 6.45) is 0. The van der Waals surface area contributed by atoms with Gasteiger partial charge in [0.25, 0.3) is 5.69 Å². The number of nitrogens with zero attached hydrogens (tertiary/aromatic N) is 5. The van der Waals surface area contributed by atoms with Gasteiger partial charge in [-0.25, -0.2) is 0 Å². The predicted octanol–water partition coefficient (Wildman–Crippen LogP) is 0.792. The van der Waals surface area contributed by atoms with Gasteiger partial charge in [-0.2, -0.15) is 4.68 Å². The number of non-ortho nitro benzene ring substituents is 1.